The summed E-state index contributed by atoms with van der Waals surface area (Å²) in [5.74, 6) is 1.03. The standard InChI is InChI=1S/C15H25NO/c1-6-16-9-10-17-14-8-7-12(2)11-13(14)15(3,4)5/h7-8,11,16H,6,9-10H2,1-5H3/p+1. The molecule has 2 N–H and O–H groups in total. The Morgan fingerprint density at radius 3 is 2.53 bits per heavy atom. The van der Waals surface area contributed by atoms with E-state index in [0.29, 0.717) is 0 Å². The van der Waals surface area contributed by atoms with Crippen LogP contribution in [-0.4, -0.2) is 19.7 Å². The number of likely N-dealkylation sites (N-methyl/N-ethyl adjacent to an activating group) is 1. The minimum atomic E-state index is 0.135. The summed E-state index contributed by atoms with van der Waals surface area (Å²) in [5, 5.41) is 2.25. The van der Waals surface area contributed by atoms with Crippen LogP contribution in [0.4, 0.5) is 0 Å². The Labute approximate surface area is 105 Å². The first-order valence-corrected chi connectivity index (χ1v) is 6.50. The predicted octanol–water partition coefficient (Wildman–Crippen LogP) is 2.25. The Hall–Kier alpha value is -1.02. The molecule has 2 heteroatoms. The summed E-state index contributed by atoms with van der Waals surface area (Å²) >= 11 is 0. The number of rotatable bonds is 5. The summed E-state index contributed by atoms with van der Waals surface area (Å²) in [6, 6.07) is 6.45. The fraction of sp³-hybridized carbons (Fsp3) is 0.600. The first kappa shape index (κ1) is 14.0. The number of hydrogen-bond donors (Lipinski definition) is 1. The quantitative estimate of drug-likeness (QED) is 0.780. The number of nitrogens with two attached hydrogens (primary N) is 1. The highest BCUT2D eigenvalue weighted by atomic mass is 16.5. The Morgan fingerprint density at radius 2 is 1.94 bits per heavy atom. The molecule has 0 saturated heterocycles. The molecule has 0 aliphatic rings. The highest BCUT2D eigenvalue weighted by molar-refractivity contribution is 5.41. The minimum Gasteiger partial charge on any atom is -0.487 e. The number of quaternary nitrogens is 1. The van der Waals surface area contributed by atoms with Gasteiger partial charge < -0.3 is 10.1 Å². The Kier molecular flexibility index (Phi) is 5.01. The van der Waals surface area contributed by atoms with Gasteiger partial charge in [-0.2, -0.15) is 0 Å². The van der Waals surface area contributed by atoms with Crippen LogP contribution >= 0.6 is 0 Å². The van der Waals surface area contributed by atoms with Gasteiger partial charge in [-0.3, -0.25) is 0 Å². The number of aryl methyl sites for hydroxylation is 1. The smallest absolute Gasteiger partial charge is 0.137 e. The largest absolute Gasteiger partial charge is 0.487 e. The van der Waals surface area contributed by atoms with E-state index in [9.17, 15) is 0 Å². The van der Waals surface area contributed by atoms with Gasteiger partial charge in [-0.05, 0) is 30.9 Å². The Morgan fingerprint density at radius 1 is 1.24 bits per heavy atom. The van der Waals surface area contributed by atoms with Gasteiger partial charge in [0.2, 0.25) is 0 Å². The lowest BCUT2D eigenvalue weighted by Gasteiger charge is -2.23. The van der Waals surface area contributed by atoms with Gasteiger partial charge in [-0.25, -0.2) is 0 Å². The molecule has 0 aliphatic heterocycles. The maximum absolute atomic E-state index is 5.89. The average molecular weight is 236 g/mol. The molecule has 0 fully saturated rings. The van der Waals surface area contributed by atoms with Crippen LogP contribution < -0.4 is 10.1 Å². The number of hydrogen-bond acceptors (Lipinski definition) is 1. The second-order valence-corrected chi connectivity index (χ2v) is 5.58. The molecule has 1 aromatic rings. The van der Waals surface area contributed by atoms with Gasteiger partial charge in [-0.1, -0.05) is 38.5 Å². The van der Waals surface area contributed by atoms with Gasteiger partial charge in [0.1, 0.15) is 18.9 Å². The van der Waals surface area contributed by atoms with Crippen molar-refractivity contribution in [2.24, 2.45) is 0 Å². The first-order chi connectivity index (χ1) is 7.95. The van der Waals surface area contributed by atoms with E-state index in [1.807, 2.05) is 0 Å². The summed E-state index contributed by atoms with van der Waals surface area (Å²) < 4.78 is 5.89. The van der Waals surface area contributed by atoms with Crippen LogP contribution in [0.1, 0.15) is 38.8 Å². The summed E-state index contributed by atoms with van der Waals surface area (Å²) in [4.78, 5) is 0. The molecule has 1 aromatic carbocycles. The zero-order valence-electron chi connectivity index (χ0n) is 11.8. The third kappa shape index (κ3) is 4.39. The minimum absolute atomic E-state index is 0.135. The third-order valence-electron chi connectivity index (χ3n) is 2.81. The molecule has 0 heterocycles. The van der Waals surface area contributed by atoms with E-state index in [1.54, 1.807) is 0 Å². The molecule has 1 rings (SSSR count). The maximum atomic E-state index is 5.89. The third-order valence-corrected chi connectivity index (χ3v) is 2.81. The van der Waals surface area contributed by atoms with Gasteiger partial charge in [-0.15, -0.1) is 0 Å². The summed E-state index contributed by atoms with van der Waals surface area (Å²) in [6.45, 7) is 13.9. The molecular formula is C15H26NO+. The molecule has 0 spiro atoms. The molecular weight excluding hydrogens is 210 g/mol. The molecule has 0 atom stereocenters. The normalized spacial score (nSPS) is 11.6. The van der Waals surface area contributed by atoms with E-state index < -0.39 is 0 Å². The van der Waals surface area contributed by atoms with Crippen LogP contribution in [0.3, 0.4) is 0 Å². The average Bonchev–Trinajstić information content (AvgIpc) is 2.25. The first-order valence-electron chi connectivity index (χ1n) is 6.50. The van der Waals surface area contributed by atoms with E-state index in [1.165, 1.54) is 11.1 Å². The van der Waals surface area contributed by atoms with E-state index in [2.05, 4.69) is 58.1 Å². The zero-order chi connectivity index (χ0) is 12.9. The molecule has 0 aliphatic carbocycles. The van der Waals surface area contributed by atoms with E-state index in [0.717, 1.165) is 25.4 Å². The second-order valence-electron chi connectivity index (χ2n) is 5.58. The van der Waals surface area contributed by atoms with Crippen LogP contribution in [0.15, 0.2) is 18.2 Å². The monoisotopic (exact) mass is 236 g/mol. The van der Waals surface area contributed by atoms with Crippen molar-refractivity contribution in [2.75, 3.05) is 19.7 Å². The lowest BCUT2D eigenvalue weighted by molar-refractivity contribution is -0.652. The van der Waals surface area contributed by atoms with Crippen molar-refractivity contribution in [1.29, 1.82) is 0 Å². The summed E-state index contributed by atoms with van der Waals surface area (Å²) in [7, 11) is 0. The van der Waals surface area contributed by atoms with Crippen molar-refractivity contribution < 1.29 is 10.1 Å². The van der Waals surface area contributed by atoms with Gasteiger partial charge >= 0.3 is 0 Å². The van der Waals surface area contributed by atoms with E-state index >= 15 is 0 Å². The summed E-state index contributed by atoms with van der Waals surface area (Å²) in [6.07, 6.45) is 0. The number of benzene rings is 1. The van der Waals surface area contributed by atoms with Crippen LogP contribution in [0.2, 0.25) is 0 Å². The van der Waals surface area contributed by atoms with Crippen molar-refractivity contribution in [2.45, 2.75) is 40.0 Å². The van der Waals surface area contributed by atoms with Crippen molar-refractivity contribution in [3.63, 3.8) is 0 Å². The SMILES string of the molecule is CC[NH2+]CCOc1ccc(C)cc1C(C)(C)C. The van der Waals surface area contributed by atoms with E-state index in [-0.39, 0.29) is 5.41 Å². The lowest BCUT2D eigenvalue weighted by Crippen LogP contribution is -2.84. The Bertz CT molecular complexity index is 352. The van der Waals surface area contributed by atoms with Crippen molar-refractivity contribution in [3.8, 4) is 5.75 Å². The molecule has 96 valence electrons. The molecule has 0 radical (unpaired) electrons. The molecule has 17 heavy (non-hydrogen) atoms. The maximum Gasteiger partial charge on any atom is 0.137 e. The second kappa shape index (κ2) is 6.06. The molecule has 0 saturated carbocycles. The molecule has 0 bridgehead atoms. The van der Waals surface area contributed by atoms with Gasteiger partial charge in [0.15, 0.2) is 0 Å². The highest BCUT2D eigenvalue weighted by Crippen LogP contribution is 2.31. The van der Waals surface area contributed by atoms with Crippen molar-refractivity contribution >= 4 is 0 Å². The van der Waals surface area contributed by atoms with Gasteiger partial charge in [0.05, 0.1) is 6.54 Å². The molecule has 2 nitrogen and oxygen atoms in total. The van der Waals surface area contributed by atoms with Crippen molar-refractivity contribution in [1.82, 2.24) is 0 Å². The van der Waals surface area contributed by atoms with Crippen molar-refractivity contribution in [3.05, 3.63) is 29.3 Å². The number of ether oxygens (including phenoxy) is 1. The summed E-state index contributed by atoms with van der Waals surface area (Å²) in [5.41, 5.74) is 2.73. The van der Waals surface area contributed by atoms with Crippen LogP contribution in [0, 0.1) is 6.92 Å². The zero-order valence-corrected chi connectivity index (χ0v) is 11.8. The fourth-order valence-electron chi connectivity index (χ4n) is 1.81. The van der Waals surface area contributed by atoms with E-state index in [4.69, 9.17) is 4.74 Å². The Balaban J connectivity index is 2.77. The van der Waals surface area contributed by atoms with Crippen LogP contribution in [0.5, 0.6) is 5.75 Å². The van der Waals surface area contributed by atoms with Crippen LogP contribution in [0.25, 0.3) is 0 Å². The molecule has 0 unspecified atom stereocenters. The topological polar surface area (TPSA) is 25.8 Å². The van der Waals surface area contributed by atoms with Crippen LogP contribution in [-0.2, 0) is 5.41 Å². The molecule has 0 amide bonds. The van der Waals surface area contributed by atoms with Gasteiger partial charge in [0, 0.05) is 0 Å². The highest BCUT2D eigenvalue weighted by Gasteiger charge is 2.19. The fourth-order valence-corrected chi connectivity index (χ4v) is 1.81. The van der Waals surface area contributed by atoms with Gasteiger partial charge in [0.25, 0.3) is 0 Å². The predicted molar refractivity (Wildman–Crippen MR) is 72.7 cm³/mol. The lowest BCUT2D eigenvalue weighted by atomic mass is 9.85. The molecule has 0 aromatic heterocycles.